The first-order chi connectivity index (χ1) is 12.2. The highest BCUT2D eigenvalue weighted by atomic mass is 16.2. The molecule has 0 bridgehead atoms. The first-order valence-electron chi connectivity index (χ1n) is 8.45. The van der Waals surface area contributed by atoms with Gasteiger partial charge in [0.15, 0.2) is 0 Å². The predicted octanol–water partition coefficient (Wildman–Crippen LogP) is 1.63. The van der Waals surface area contributed by atoms with Crippen molar-refractivity contribution >= 4 is 17.5 Å². The predicted molar refractivity (Wildman–Crippen MR) is 96.1 cm³/mol. The van der Waals surface area contributed by atoms with Crippen LogP contribution in [0.1, 0.15) is 17.9 Å². The van der Waals surface area contributed by atoms with E-state index in [2.05, 4.69) is 15.6 Å². The van der Waals surface area contributed by atoms with E-state index in [1.54, 1.807) is 17.3 Å². The van der Waals surface area contributed by atoms with E-state index in [1.165, 1.54) is 0 Å². The van der Waals surface area contributed by atoms with Crippen LogP contribution in [0.15, 0.2) is 54.9 Å². The zero-order chi connectivity index (χ0) is 17.5. The molecule has 2 amide bonds. The van der Waals surface area contributed by atoms with Gasteiger partial charge in [-0.05, 0) is 17.7 Å². The Morgan fingerprint density at radius 2 is 2.00 bits per heavy atom. The molecule has 0 spiro atoms. The van der Waals surface area contributed by atoms with E-state index >= 15 is 0 Å². The van der Waals surface area contributed by atoms with E-state index in [4.69, 9.17) is 0 Å². The van der Waals surface area contributed by atoms with Gasteiger partial charge in [-0.3, -0.25) is 14.6 Å². The Hall–Kier alpha value is -2.89. The van der Waals surface area contributed by atoms with Crippen LogP contribution in [0, 0.1) is 0 Å². The van der Waals surface area contributed by atoms with Gasteiger partial charge in [-0.1, -0.05) is 30.3 Å². The Balaban J connectivity index is 1.40. The Labute approximate surface area is 147 Å². The lowest BCUT2D eigenvalue weighted by atomic mass is 9.99. The number of likely N-dealkylation sites (tertiary alicyclic amines) is 1. The maximum atomic E-state index is 12.1. The van der Waals surface area contributed by atoms with Gasteiger partial charge >= 0.3 is 0 Å². The second-order valence-corrected chi connectivity index (χ2v) is 6.10. The topological polar surface area (TPSA) is 74.3 Å². The van der Waals surface area contributed by atoms with Crippen LogP contribution in [-0.4, -0.2) is 47.9 Å². The summed E-state index contributed by atoms with van der Waals surface area (Å²) in [6, 6.07) is 13.8. The molecule has 6 nitrogen and oxygen atoms in total. The second-order valence-electron chi connectivity index (χ2n) is 6.10. The third-order valence-electron chi connectivity index (χ3n) is 4.26. The van der Waals surface area contributed by atoms with Crippen LogP contribution in [0.3, 0.4) is 0 Å². The molecule has 2 aromatic rings. The standard InChI is InChI=1S/C19H22N4O2/c24-18(22-10-9-21-17-7-4-8-20-12-17)14-23-13-16(11-19(23)25)15-5-2-1-3-6-15/h1-8,12,16,21H,9-11,13-14H2,(H,22,24). The minimum Gasteiger partial charge on any atom is -0.382 e. The monoisotopic (exact) mass is 338 g/mol. The smallest absolute Gasteiger partial charge is 0.239 e. The fourth-order valence-electron chi connectivity index (χ4n) is 2.98. The molecule has 0 radical (unpaired) electrons. The number of hydrogen-bond acceptors (Lipinski definition) is 4. The van der Waals surface area contributed by atoms with Gasteiger partial charge in [0.25, 0.3) is 0 Å². The number of benzene rings is 1. The van der Waals surface area contributed by atoms with Crippen LogP contribution in [0.5, 0.6) is 0 Å². The number of hydrogen-bond donors (Lipinski definition) is 2. The summed E-state index contributed by atoms with van der Waals surface area (Å²) in [7, 11) is 0. The maximum Gasteiger partial charge on any atom is 0.239 e. The Bertz CT molecular complexity index is 706. The number of nitrogens with zero attached hydrogens (tertiary/aromatic N) is 2. The summed E-state index contributed by atoms with van der Waals surface area (Å²) in [6.45, 7) is 1.83. The largest absolute Gasteiger partial charge is 0.382 e. The quantitative estimate of drug-likeness (QED) is 0.753. The molecule has 1 aromatic carbocycles. The van der Waals surface area contributed by atoms with Crippen molar-refractivity contribution in [3.05, 3.63) is 60.4 Å². The van der Waals surface area contributed by atoms with Gasteiger partial charge in [0, 0.05) is 44.4 Å². The van der Waals surface area contributed by atoms with Crippen molar-refractivity contribution in [3.8, 4) is 0 Å². The van der Waals surface area contributed by atoms with Crippen LogP contribution in [-0.2, 0) is 9.59 Å². The van der Waals surface area contributed by atoms with Gasteiger partial charge < -0.3 is 15.5 Å². The zero-order valence-electron chi connectivity index (χ0n) is 14.0. The van der Waals surface area contributed by atoms with Crippen molar-refractivity contribution in [1.82, 2.24) is 15.2 Å². The first kappa shape index (κ1) is 17.0. The first-order valence-corrected chi connectivity index (χ1v) is 8.45. The number of aromatic nitrogens is 1. The van der Waals surface area contributed by atoms with E-state index in [0.717, 1.165) is 11.3 Å². The number of carbonyl (C=O) groups excluding carboxylic acids is 2. The van der Waals surface area contributed by atoms with E-state index in [9.17, 15) is 9.59 Å². The SMILES string of the molecule is O=C(CN1CC(c2ccccc2)CC1=O)NCCNc1cccnc1. The lowest BCUT2D eigenvalue weighted by Gasteiger charge is -2.16. The lowest BCUT2D eigenvalue weighted by molar-refractivity contribution is -0.133. The summed E-state index contributed by atoms with van der Waals surface area (Å²) in [5.74, 6) is 0.0845. The van der Waals surface area contributed by atoms with Gasteiger partial charge in [-0.2, -0.15) is 0 Å². The molecule has 0 saturated carbocycles. The fourth-order valence-corrected chi connectivity index (χ4v) is 2.98. The highest BCUT2D eigenvalue weighted by molar-refractivity contribution is 5.86. The number of nitrogens with one attached hydrogen (secondary N) is 2. The Kier molecular flexibility index (Phi) is 5.61. The molecule has 1 aliphatic rings. The summed E-state index contributed by atoms with van der Waals surface area (Å²) >= 11 is 0. The van der Waals surface area contributed by atoms with E-state index in [0.29, 0.717) is 26.1 Å². The Morgan fingerprint density at radius 1 is 1.16 bits per heavy atom. The van der Waals surface area contributed by atoms with Crippen molar-refractivity contribution < 1.29 is 9.59 Å². The molecule has 1 aliphatic heterocycles. The minimum atomic E-state index is -0.130. The molecule has 0 aliphatic carbocycles. The van der Waals surface area contributed by atoms with Crippen molar-refractivity contribution in [2.75, 3.05) is 31.5 Å². The molecule has 130 valence electrons. The van der Waals surface area contributed by atoms with Gasteiger partial charge in [-0.15, -0.1) is 0 Å². The molecule has 2 heterocycles. The van der Waals surface area contributed by atoms with E-state index in [-0.39, 0.29) is 24.3 Å². The fraction of sp³-hybridized carbons (Fsp3) is 0.316. The molecule has 2 N–H and O–H groups in total. The molecule has 1 unspecified atom stereocenters. The average molecular weight is 338 g/mol. The summed E-state index contributed by atoms with van der Waals surface area (Å²) < 4.78 is 0. The lowest BCUT2D eigenvalue weighted by Crippen LogP contribution is -2.39. The highest BCUT2D eigenvalue weighted by Gasteiger charge is 2.31. The van der Waals surface area contributed by atoms with Gasteiger partial charge in [-0.25, -0.2) is 0 Å². The molecule has 3 rings (SSSR count). The van der Waals surface area contributed by atoms with Crippen LogP contribution >= 0.6 is 0 Å². The van der Waals surface area contributed by atoms with Gasteiger partial charge in [0.2, 0.25) is 11.8 Å². The van der Waals surface area contributed by atoms with Crippen LogP contribution in [0.4, 0.5) is 5.69 Å². The van der Waals surface area contributed by atoms with Crippen LogP contribution in [0.2, 0.25) is 0 Å². The van der Waals surface area contributed by atoms with Crippen molar-refractivity contribution in [3.63, 3.8) is 0 Å². The highest BCUT2D eigenvalue weighted by Crippen LogP contribution is 2.27. The Morgan fingerprint density at radius 3 is 2.76 bits per heavy atom. The van der Waals surface area contributed by atoms with Crippen LogP contribution < -0.4 is 10.6 Å². The average Bonchev–Trinajstić information content (AvgIpc) is 3.01. The summed E-state index contributed by atoms with van der Waals surface area (Å²) in [5.41, 5.74) is 2.07. The number of rotatable bonds is 7. The van der Waals surface area contributed by atoms with Crippen LogP contribution in [0.25, 0.3) is 0 Å². The van der Waals surface area contributed by atoms with E-state index in [1.807, 2.05) is 42.5 Å². The molecule has 1 aromatic heterocycles. The molecule has 1 fully saturated rings. The third-order valence-corrected chi connectivity index (χ3v) is 4.26. The summed E-state index contributed by atoms with van der Waals surface area (Å²) in [4.78, 5) is 29.8. The summed E-state index contributed by atoms with van der Waals surface area (Å²) in [5, 5.41) is 6.01. The molecular weight excluding hydrogens is 316 g/mol. The number of anilines is 1. The van der Waals surface area contributed by atoms with Crippen molar-refractivity contribution in [1.29, 1.82) is 0 Å². The molecule has 1 saturated heterocycles. The normalized spacial score (nSPS) is 16.7. The molecular formula is C19H22N4O2. The molecule has 25 heavy (non-hydrogen) atoms. The van der Waals surface area contributed by atoms with Gasteiger partial charge in [0.1, 0.15) is 0 Å². The summed E-state index contributed by atoms with van der Waals surface area (Å²) in [6.07, 6.45) is 3.91. The van der Waals surface area contributed by atoms with Gasteiger partial charge in [0.05, 0.1) is 12.2 Å². The molecule has 6 heteroatoms. The zero-order valence-corrected chi connectivity index (χ0v) is 14.0. The maximum absolute atomic E-state index is 12.1. The third kappa shape index (κ3) is 4.79. The van der Waals surface area contributed by atoms with Crippen molar-refractivity contribution in [2.24, 2.45) is 0 Å². The number of amides is 2. The van der Waals surface area contributed by atoms with Crippen molar-refractivity contribution in [2.45, 2.75) is 12.3 Å². The minimum absolute atomic E-state index is 0.0393. The van der Waals surface area contributed by atoms with E-state index < -0.39 is 0 Å². The molecule has 1 atom stereocenters. The second kappa shape index (κ2) is 8.28. The number of pyridine rings is 1. The number of carbonyl (C=O) groups is 2.